The maximum atomic E-state index is 5.64. The van der Waals surface area contributed by atoms with Gasteiger partial charge in [-0.15, -0.1) is 0 Å². The van der Waals surface area contributed by atoms with Gasteiger partial charge in [-0.05, 0) is 44.6 Å². The summed E-state index contributed by atoms with van der Waals surface area (Å²) in [4.78, 5) is 11.1. The van der Waals surface area contributed by atoms with Crippen LogP contribution in [0.15, 0.2) is 12.4 Å². The molecule has 2 fully saturated rings. The van der Waals surface area contributed by atoms with Crippen molar-refractivity contribution < 1.29 is 0 Å². The highest BCUT2D eigenvalue weighted by Crippen LogP contribution is 2.26. The highest BCUT2D eigenvalue weighted by molar-refractivity contribution is 5.49. The molecule has 0 aromatic carbocycles. The Labute approximate surface area is 114 Å². The fourth-order valence-electron chi connectivity index (χ4n) is 2.87. The van der Waals surface area contributed by atoms with Gasteiger partial charge in [-0.3, -0.25) is 0 Å². The first-order valence-electron chi connectivity index (χ1n) is 7.39. The number of nitrogens with two attached hydrogens (primary N) is 1. The van der Waals surface area contributed by atoms with E-state index in [4.69, 9.17) is 5.73 Å². The van der Waals surface area contributed by atoms with Crippen LogP contribution in [0.2, 0.25) is 0 Å². The van der Waals surface area contributed by atoms with Gasteiger partial charge in [-0.25, -0.2) is 9.97 Å². The first-order chi connectivity index (χ1) is 9.35. The third-order valence-electron chi connectivity index (χ3n) is 4.29. The van der Waals surface area contributed by atoms with Gasteiger partial charge in [0.05, 0.1) is 0 Å². The molecular weight excluding hydrogens is 238 g/mol. The summed E-state index contributed by atoms with van der Waals surface area (Å²) in [5, 5.41) is 3.48. The van der Waals surface area contributed by atoms with Crippen LogP contribution in [0, 0.1) is 5.92 Å². The van der Waals surface area contributed by atoms with E-state index in [0.717, 1.165) is 43.6 Å². The molecule has 1 aromatic heterocycles. The smallest absolute Gasteiger partial charge is 0.134 e. The van der Waals surface area contributed by atoms with Crippen molar-refractivity contribution in [2.75, 3.05) is 29.9 Å². The summed E-state index contributed by atoms with van der Waals surface area (Å²) in [6.45, 7) is 2.96. The molecule has 1 aliphatic carbocycles. The molecule has 1 aromatic rings. The molecule has 1 saturated heterocycles. The van der Waals surface area contributed by atoms with Crippen molar-refractivity contribution in [3.8, 4) is 0 Å². The fourth-order valence-corrected chi connectivity index (χ4v) is 2.87. The lowest BCUT2D eigenvalue weighted by Crippen LogP contribution is -2.28. The van der Waals surface area contributed by atoms with E-state index in [1.54, 1.807) is 6.33 Å². The van der Waals surface area contributed by atoms with Gasteiger partial charge in [0, 0.05) is 25.2 Å². The van der Waals surface area contributed by atoms with Crippen LogP contribution >= 0.6 is 0 Å². The minimum atomic E-state index is 0.617. The zero-order valence-corrected chi connectivity index (χ0v) is 11.4. The van der Waals surface area contributed by atoms with E-state index < -0.39 is 0 Å². The molecule has 104 valence electrons. The quantitative estimate of drug-likeness (QED) is 0.843. The summed E-state index contributed by atoms with van der Waals surface area (Å²) >= 11 is 0. The van der Waals surface area contributed by atoms with Gasteiger partial charge in [0.15, 0.2) is 0 Å². The molecule has 19 heavy (non-hydrogen) atoms. The van der Waals surface area contributed by atoms with Gasteiger partial charge in [-0.2, -0.15) is 0 Å². The van der Waals surface area contributed by atoms with Crippen LogP contribution in [-0.2, 0) is 0 Å². The SMILES string of the molecule is NCCC1CCN(c2cc(NC3CCC3)ncn2)C1. The van der Waals surface area contributed by atoms with Crippen LogP contribution in [0.25, 0.3) is 0 Å². The van der Waals surface area contributed by atoms with E-state index in [1.807, 2.05) is 0 Å². The molecule has 0 radical (unpaired) electrons. The molecule has 5 heteroatoms. The average molecular weight is 261 g/mol. The molecule has 5 nitrogen and oxygen atoms in total. The summed E-state index contributed by atoms with van der Waals surface area (Å²) in [6.07, 6.45) is 7.89. The Hall–Kier alpha value is -1.36. The normalized spacial score (nSPS) is 23.4. The maximum absolute atomic E-state index is 5.64. The molecule has 1 atom stereocenters. The molecule has 1 unspecified atom stereocenters. The van der Waals surface area contributed by atoms with E-state index >= 15 is 0 Å². The van der Waals surface area contributed by atoms with E-state index in [1.165, 1.54) is 25.7 Å². The third-order valence-corrected chi connectivity index (χ3v) is 4.29. The monoisotopic (exact) mass is 261 g/mol. The highest BCUT2D eigenvalue weighted by atomic mass is 15.2. The largest absolute Gasteiger partial charge is 0.367 e. The van der Waals surface area contributed by atoms with E-state index in [-0.39, 0.29) is 0 Å². The Kier molecular flexibility index (Phi) is 3.82. The predicted molar refractivity (Wildman–Crippen MR) is 77.3 cm³/mol. The van der Waals surface area contributed by atoms with Crippen LogP contribution in [0.4, 0.5) is 11.6 Å². The second-order valence-corrected chi connectivity index (χ2v) is 5.71. The number of aromatic nitrogens is 2. The third kappa shape index (κ3) is 2.97. The molecule has 0 bridgehead atoms. The highest BCUT2D eigenvalue weighted by Gasteiger charge is 2.23. The molecule has 0 amide bonds. The predicted octanol–water partition coefficient (Wildman–Crippen LogP) is 1.62. The molecule has 3 N–H and O–H groups in total. The number of hydrogen-bond donors (Lipinski definition) is 2. The van der Waals surface area contributed by atoms with Crippen LogP contribution in [0.5, 0.6) is 0 Å². The first kappa shape index (κ1) is 12.7. The topological polar surface area (TPSA) is 67.1 Å². The lowest BCUT2D eigenvalue weighted by Gasteiger charge is -2.27. The second kappa shape index (κ2) is 5.74. The van der Waals surface area contributed by atoms with E-state index in [2.05, 4.69) is 26.3 Å². The fraction of sp³-hybridized carbons (Fsp3) is 0.714. The van der Waals surface area contributed by atoms with Crippen LogP contribution in [0.1, 0.15) is 32.1 Å². The van der Waals surface area contributed by atoms with Crippen molar-refractivity contribution in [1.82, 2.24) is 9.97 Å². The van der Waals surface area contributed by atoms with Crippen LogP contribution in [-0.4, -0.2) is 35.6 Å². The zero-order chi connectivity index (χ0) is 13.1. The number of rotatable bonds is 5. The van der Waals surface area contributed by atoms with Crippen molar-refractivity contribution in [2.24, 2.45) is 11.7 Å². The molecule has 0 spiro atoms. The zero-order valence-electron chi connectivity index (χ0n) is 11.4. The Bertz CT molecular complexity index is 418. The minimum absolute atomic E-state index is 0.617. The number of nitrogens with zero attached hydrogens (tertiary/aromatic N) is 3. The number of anilines is 2. The van der Waals surface area contributed by atoms with Gasteiger partial charge in [-0.1, -0.05) is 0 Å². The molecular formula is C14H23N5. The van der Waals surface area contributed by atoms with Crippen molar-refractivity contribution >= 4 is 11.6 Å². The number of nitrogens with one attached hydrogen (secondary N) is 1. The van der Waals surface area contributed by atoms with Gasteiger partial charge < -0.3 is 16.0 Å². The Balaban J connectivity index is 1.62. The Morgan fingerprint density at radius 2 is 2.21 bits per heavy atom. The first-order valence-corrected chi connectivity index (χ1v) is 7.39. The summed E-state index contributed by atoms with van der Waals surface area (Å²) < 4.78 is 0. The molecule has 2 aliphatic rings. The van der Waals surface area contributed by atoms with Gasteiger partial charge >= 0.3 is 0 Å². The van der Waals surface area contributed by atoms with Crippen molar-refractivity contribution in [3.05, 3.63) is 12.4 Å². The summed E-state index contributed by atoms with van der Waals surface area (Å²) in [5.74, 6) is 2.75. The molecule has 3 rings (SSSR count). The Morgan fingerprint density at radius 3 is 2.95 bits per heavy atom. The second-order valence-electron chi connectivity index (χ2n) is 5.71. The van der Waals surface area contributed by atoms with Crippen molar-refractivity contribution in [3.63, 3.8) is 0 Å². The van der Waals surface area contributed by atoms with Crippen molar-refractivity contribution in [1.29, 1.82) is 0 Å². The maximum Gasteiger partial charge on any atom is 0.134 e. The minimum Gasteiger partial charge on any atom is -0.367 e. The summed E-state index contributed by atoms with van der Waals surface area (Å²) in [5.41, 5.74) is 5.64. The average Bonchev–Trinajstić information content (AvgIpc) is 2.84. The number of hydrogen-bond acceptors (Lipinski definition) is 5. The molecule has 1 aliphatic heterocycles. The van der Waals surface area contributed by atoms with Crippen LogP contribution in [0.3, 0.4) is 0 Å². The lowest BCUT2D eigenvalue weighted by molar-refractivity contribution is 0.444. The van der Waals surface area contributed by atoms with E-state index in [9.17, 15) is 0 Å². The van der Waals surface area contributed by atoms with Gasteiger partial charge in [0.25, 0.3) is 0 Å². The molecule has 2 heterocycles. The van der Waals surface area contributed by atoms with E-state index in [0.29, 0.717) is 6.04 Å². The summed E-state index contributed by atoms with van der Waals surface area (Å²) in [7, 11) is 0. The van der Waals surface area contributed by atoms with Gasteiger partial charge in [0.2, 0.25) is 0 Å². The van der Waals surface area contributed by atoms with Crippen molar-refractivity contribution in [2.45, 2.75) is 38.1 Å². The van der Waals surface area contributed by atoms with Gasteiger partial charge in [0.1, 0.15) is 18.0 Å². The summed E-state index contributed by atoms with van der Waals surface area (Å²) in [6, 6.07) is 2.70. The Morgan fingerprint density at radius 1 is 1.32 bits per heavy atom. The molecule has 1 saturated carbocycles. The van der Waals surface area contributed by atoms with Crippen LogP contribution < -0.4 is 16.0 Å². The standard InChI is InChI=1S/C14H23N5/c15-6-4-11-5-7-19(9-11)14-8-13(16-10-17-14)18-12-2-1-3-12/h8,10-12H,1-7,9,15H2,(H,16,17,18). The lowest BCUT2D eigenvalue weighted by atomic mass is 9.93.